The molecule has 0 saturated heterocycles. The molecule has 0 radical (unpaired) electrons. The van der Waals surface area contributed by atoms with Crippen molar-refractivity contribution in [1.29, 1.82) is 0 Å². The van der Waals surface area contributed by atoms with Gasteiger partial charge >= 0.3 is 0 Å². The van der Waals surface area contributed by atoms with Crippen LogP contribution in [-0.4, -0.2) is 29.3 Å². The van der Waals surface area contributed by atoms with Crippen molar-refractivity contribution in [2.45, 2.75) is 51.5 Å². The number of Topliss-reactive ketones (excluding diaryl/α,β-unsaturated/α-hetero) is 1. The molecule has 0 aliphatic carbocycles. The van der Waals surface area contributed by atoms with Gasteiger partial charge in [0.15, 0.2) is 6.04 Å². The summed E-state index contributed by atoms with van der Waals surface area (Å²) in [5.41, 5.74) is 8.61. The molecule has 1 heterocycles. The third-order valence-electron chi connectivity index (χ3n) is 5.50. The van der Waals surface area contributed by atoms with E-state index in [-0.39, 0.29) is 30.1 Å². The van der Waals surface area contributed by atoms with Crippen LogP contribution in [0.1, 0.15) is 44.6 Å². The lowest BCUT2D eigenvalue weighted by atomic mass is 10.0. The summed E-state index contributed by atoms with van der Waals surface area (Å²) in [6.07, 6.45) is 4.93. The van der Waals surface area contributed by atoms with Crippen LogP contribution in [0.2, 0.25) is 0 Å². The van der Waals surface area contributed by atoms with Gasteiger partial charge in [0.2, 0.25) is 0 Å². The van der Waals surface area contributed by atoms with Crippen LogP contribution in [0, 0.1) is 0 Å². The fourth-order valence-electron chi connectivity index (χ4n) is 3.84. The third-order valence-corrected chi connectivity index (χ3v) is 5.50. The first-order chi connectivity index (χ1) is 14.6. The Kier molecular flexibility index (Phi) is 9.76. The maximum atomic E-state index is 12.4. The summed E-state index contributed by atoms with van der Waals surface area (Å²) in [6, 6.07) is 18.3. The van der Waals surface area contributed by atoms with Crippen LogP contribution in [0.4, 0.5) is 0 Å². The zero-order valence-corrected chi connectivity index (χ0v) is 18.9. The van der Waals surface area contributed by atoms with Crippen molar-refractivity contribution >= 4 is 22.6 Å². The molecule has 5 nitrogen and oxygen atoms in total. The van der Waals surface area contributed by atoms with Gasteiger partial charge in [0.05, 0.1) is 0 Å². The zero-order valence-electron chi connectivity index (χ0n) is 18.1. The standard InChI is InChI=1S/C25H31N3O2.ClH/c1-18(29)10-4-2-7-14-22(26)25(30)27-17-16-21-20-13-8-9-15-23(20)28-24(21)19-11-5-3-6-12-19;/h3,5-6,8-9,11-13,15,22,28H,2,4,7,10,14,16-17,26H2,1H3,(H,27,30);1H/t22-;/m0./s1. The second kappa shape index (κ2) is 12.3. The van der Waals surface area contributed by atoms with E-state index in [0.29, 0.717) is 13.0 Å². The summed E-state index contributed by atoms with van der Waals surface area (Å²) in [7, 11) is 0. The molecule has 0 aliphatic rings. The van der Waals surface area contributed by atoms with Gasteiger partial charge < -0.3 is 33.2 Å². The van der Waals surface area contributed by atoms with E-state index in [2.05, 4.69) is 40.3 Å². The number of benzene rings is 2. The fraction of sp³-hybridized carbons (Fsp3) is 0.360. The van der Waals surface area contributed by atoms with Crippen molar-refractivity contribution in [3.05, 3.63) is 60.2 Å². The number of quaternary nitrogens is 1. The van der Waals surface area contributed by atoms with Crippen LogP contribution in [0.5, 0.6) is 0 Å². The Bertz CT molecular complexity index is 985. The molecule has 1 amide bonds. The Hall–Kier alpha value is -2.63. The highest BCUT2D eigenvalue weighted by Crippen LogP contribution is 2.30. The maximum absolute atomic E-state index is 12.4. The summed E-state index contributed by atoms with van der Waals surface area (Å²) in [4.78, 5) is 26.9. The Balaban J connectivity index is 0.00000341. The van der Waals surface area contributed by atoms with Gasteiger partial charge in [0.25, 0.3) is 5.91 Å². The molecule has 3 aromatic rings. The number of hydrogen-bond acceptors (Lipinski definition) is 2. The summed E-state index contributed by atoms with van der Waals surface area (Å²) in [5.74, 6) is 0.230. The quantitative estimate of drug-likeness (QED) is 0.381. The van der Waals surface area contributed by atoms with E-state index in [9.17, 15) is 9.59 Å². The zero-order chi connectivity index (χ0) is 21.3. The van der Waals surface area contributed by atoms with Crippen LogP contribution in [0.3, 0.4) is 0 Å². The molecule has 6 heteroatoms. The van der Waals surface area contributed by atoms with E-state index in [4.69, 9.17) is 0 Å². The summed E-state index contributed by atoms with van der Waals surface area (Å²) < 4.78 is 0. The molecule has 0 aliphatic heterocycles. The minimum atomic E-state index is -0.251. The van der Waals surface area contributed by atoms with Gasteiger partial charge in [-0.2, -0.15) is 0 Å². The van der Waals surface area contributed by atoms with Crippen LogP contribution >= 0.6 is 0 Å². The second-order valence-corrected chi connectivity index (χ2v) is 7.93. The lowest BCUT2D eigenvalue weighted by molar-refractivity contribution is -0.405. The van der Waals surface area contributed by atoms with Crippen LogP contribution in [0.25, 0.3) is 22.2 Å². The monoisotopic (exact) mass is 441 g/mol. The third kappa shape index (κ3) is 6.94. The predicted octanol–water partition coefficient (Wildman–Crippen LogP) is 0.648. The summed E-state index contributed by atoms with van der Waals surface area (Å²) >= 11 is 0. The van der Waals surface area contributed by atoms with Crippen molar-refractivity contribution in [3.8, 4) is 11.3 Å². The molecule has 2 aromatic carbocycles. The Morgan fingerprint density at radius 3 is 2.45 bits per heavy atom. The molecule has 1 atom stereocenters. The van der Waals surface area contributed by atoms with E-state index in [1.54, 1.807) is 6.92 Å². The first kappa shape index (κ1) is 24.6. The van der Waals surface area contributed by atoms with E-state index < -0.39 is 0 Å². The van der Waals surface area contributed by atoms with Crippen LogP contribution < -0.4 is 23.5 Å². The number of nitrogens with one attached hydrogen (secondary N) is 2. The van der Waals surface area contributed by atoms with E-state index >= 15 is 0 Å². The van der Waals surface area contributed by atoms with Gasteiger partial charge in [-0.05, 0) is 43.4 Å². The molecule has 0 unspecified atom stereocenters. The first-order valence-corrected chi connectivity index (χ1v) is 10.8. The lowest BCUT2D eigenvalue weighted by Crippen LogP contribution is -3.00. The maximum Gasteiger partial charge on any atom is 0.278 e. The van der Waals surface area contributed by atoms with E-state index in [1.807, 2.05) is 30.3 Å². The number of hydrogen-bond donors (Lipinski definition) is 3. The van der Waals surface area contributed by atoms with E-state index in [0.717, 1.165) is 48.9 Å². The fourth-order valence-corrected chi connectivity index (χ4v) is 3.84. The predicted molar refractivity (Wildman–Crippen MR) is 121 cm³/mol. The van der Waals surface area contributed by atoms with Crippen molar-refractivity contribution in [1.82, 2.24) is 10.3 Å². The number of carbonyl (C=O) groups is 2. The minimum Gasteiger partial charge on any atom is -1.00 e. The Morgan fingerprint density at radius 1 is 1.00 bits per heavy atom. The second-order valence-electron chi connectivity index (χ2n) is 7.93. The van der Waals surface area contributed by atoms with Crippen molar-refractivity contribution < 1.29 is 27.7 Å². The number of ketones is 1. The van der Waals surface area contributed by atoms with Gasteiger partial charge in [-0.25, -0.2) is 0 Å². The van der Waals surface area contributed by atoms with Crippen LogP contribution in [0.15, 0.2) is 54.6 Å². The average molecular weight is 442 g/mol. The van der Waals surface area contributed by atoms with Gasteiger partial charge in [0, 0.05) is 36.0 Å². The average Bonchev–Trinajstić information content (AvgIpc) is 3.12. The molecular weight excluding hydrogens is 410 g/mol. The molecule has 3 rings (SSSR count). The smallest absolute Gasteiger partial charge is 0.278 e. The molecule has 5 N–H and O–H groups in total. The molecule has 0 fully saturated rings. The van der Waals surface area contributed by atoms with Crippen molar-refractivity contribution in [3.63, 3.8) is 0 Å². The van der Waals surface area contributed by atoms with Gasteiger partial charge in [-0.1, -0.05) is 55.0 Å². The minimum absolute atomic E-state index is 0. The topological polar surface area (TPSA) is 89.6 Å². The number of rotatable bonds is 11. The number of unbranched alkanes of at least 4 members (excludes halogenated alkanes) is 2. The Labute approximate surface area is 190 Å². The number of halogens is 1. The highest BCUT2D eigenvalue weighted by atomic mass is 35.5. The van der Waals surface area contributed by atoms with Gasteiger partial charge in [0.1, 0.15) is 5.78 Å². The largest absolute Gasteiger partial charge is 1.00 e. The molecule has 0 spiro atoms. The number of H-pyrrole nitrogens is 1. The number of amides is 1. The highest BCUT2D eigenvalue weighted by molar-refractivity contribution is 5.91. The number of aromatic amines is 1. The number of carbonyl (C=O) groups excluding carboxylic acids is 2. The first-order valence-electron chi connectivity index (χ1n) is 10.8. The summed E-state index contributed by atoms with van der Waals surface area (Å²) in [6.45, 7) is 2.20. The summed E-state index contributed by atoms with van der Waals surface area (Å²) in [5, 5.41) is 4.25. The number of para-hydroxylation sites is 1. The number of fused-ring (bicyclic) bond motifs is 1. The molecule has 31 heavy (non-hydrogen) atoms. The molecule has 166 valence electrons. The van der Waals surface area contributed by atoms with E-state index in [1.165, 1.54) is 10.9 Å². The van der Waals surface area contributed by atoms with Crippen LogP contribution in [-0.2, 0) is 16.0 Å². The number of aromatic nitrogens is 1. The SMILES string of the molecule is CC(=O)CCCCC[C@H]([NH3+])C(=O)NCCc1c(-c2ccccc2)[nH]c2ccccc12.[Cl-]. The lowest BCUT2D eigenvalue weighted by Gasteiger charge is -2.10. The van der Waals surface area contributed by atoms with Gasteiger partial charge in [-0.3, -0.25) is 4.79 Å². The molecule has 0 saturated carbocycles. The van der Waals surface area contributed by atoms with Gasteiger partial charge in [-0.15, -0.1) is 0 Å². The Morgan fingerprint density at radius 2 is 1.71 bits per heavy atom. The molecular formula is C25H32ClN3O2. The van der Waals surface area contributed by atoms with Crippen molar-refractivity contribution in [2.24, 2.45) is 0 Å². The normalized spacial score (nSPS) is 11.7. The molecule has 1 aromatic heterocycles. The molecule has 0 bridgehead atoms. The van der Waals surface area contributed by atoms with Crippen molar-refractivity contribution in [2.75, 3.05) is 6.54 Å². The highest BCUT2D eigenvalue weighted by Gasteiger charge is 2.17.